The van der Waals surface area contributed by atoms with Crippen molar-refractivity contribution in [1.82, 2.24) is 4.90 Å². The summed E-state index contributed by atoms with van der Waals surface area (Å²) >= 11 is 0. The Morgan fingerprint density at radius 3 is 1.47 bits per heavy atom. The van der Waals surface area contributed by atoms with Gasteiger partial charge < -0.3 is 0 Å². The van der Waals surface area contributed by atoms with Crippen LogP contribution in [0.3, 0.4) is 0 Å². The number of likely N-dealkylation sites (tertiary alicyclic amines) is 1. The first kappa shape index (κ1) is 15.0. The molecule has 2 unspecified atom stereocenters. The minimum atomic E-state index is 0.290. The van der Waals surface area contributed by atoms with E-state index in [2.05, 4.69) is 67.2 Å². The van der Waals surface area contributed by atoms with Gasteiger partial charge in [-0.3, -0.25) is 4.90 Å². The molecule has 1 saturated heterocycles. The van der Waals surface area contributed by atoms with Gasteiger partial charge in [-0.1, -0.05) is 41.5 Å². The Morgan fingerprint density at radius 2 is 1.24 bits per heavy atom. The van der Waals surface area contributed by atoms with Crippen LogP contribution in [0.1, 0.15) is 68.7 Å². The minimum absolute atomic E-state index is 0.290. The van der Waals surface area contributed by atoms with Crippen LogP contribution in [-0.2, 0) is 0 Å². The van der Waals surface area contributed by atoms with Crippen molar-refractivity contribution in [1.29, 1.82) is 0 Å². The molecule has 17 heavy (non-hydrogen) atoms. The summed E-state index contributed by atoms with van der Waals surface area (Å²) in [7, 11) is 0. The van der Waals surface area contributed by atoms with E-state index in [1.54, 1.807) is 0 Å². The third-order valence-electron chi connectivity index (χ3n) is 4.39. The van der Waals surface area contributed by atoms with Crippen LogP contribution >= 0.6 is 0 Å². The zero-order chi connectivity index (χ0) is 13.6. The first-order valence-electron chi connectivity index (χ1n) is 7.10. The highest BCUT2D eigenvalue weighted by Crippen LogP contribution is 2.45. The van der Waals surface area contributed by atoms with Gasteiger partial charge in [0.25, 0.3) is 0 Å². The predicted octanol–water partition coefficient (Wildman–Crippen LogP) is 4.57. The van der Waals surface area contributed by atoms with Crippen LogP contribution in [-0.4, -0.2) is 23.0 Å². The number of hydrogen-bond donors (Lipinski definition) is 0. The molecule has 1 rings (SSSR count). The highest BCUT2D eigenvalue weighted by molar-refractivity contribution is 4.99. The van der Waals surface area contributed by atoms with Gasteiger partial charge in [0, 0.05) is 18.1 Å². The Labute approximate surface area is 109 Å². The maximum atomic E-state index is 2.74. The molecule has 0 bridgehead atoms. The second kappa shape index (κ2) is 4.26. The van der Waals surface area contributed by atoms with Crippen molar-refractivity contribution in [2.45, 2.75) is 80.3 Å². The Balaban J connectivity index is 2.96. The first-order valence-corrected chi connectivity index (χ1v) is 7.10. The van der Waals surface area contributed by atoms with Gasteiger partial charge in [0.05, 0.1) is 0 Å². The van der Waals surface area contributed by atoms with Gasteiger partial charge in [-0.15, -0.1) is 0 Å². The van der Waals surface area contributed by atoms with Crippen LogP contribution in [0, 0.1) is 16.7 Å². The van der Waals surface area contributed by atoms with E-state index < -0.39 is 0 Å². The Bertz CT molecular complexity index is 237. The molecule has 0 aromatic carbocycles. The fraction of sp³-hybridized carbons (Fsp3) is 1.00. The van der Waals surface area contributed by atoms with E-state index in [4.69, 9.17) is 0 Å². The molecular formula is C16H33N. The quantitative estimate of drug-likeness (QED) is 0.598. The Hall–Kier alpha value is -0.0400. The van der Waals surface area contributed by atoms with E-state index in [0.29, 0.717) is 16.9 Å². The van der Waals surface area contributed by atoms with E-state index in [1.165, 1.54) is 13.0 Å². The fourth-order valence-corrected chi connectivity index (χ4v) is 3.03. The van der Waals surface area contributed by atoms with E-state index in [9.17, 15) is 0 Å². The van der Waals surface area contributed by atoms with Crippen molar-refractivity contribution in [2.24, 2.45) is 16.7 Å². The van der Waals surface area contributed by atoms with E-state index in [0.717, 1.165) is 5.92 Å². The second-order valence-electron chi connectivity index (χ2n) is 9.00. The summed E-state index contributed by atoms with van der Waals surface area (Å²) in [6, 6.07) is 0.715. The van der Waals surface area contributed by atoms with Crippen molar-refractivity contribution in [2.75, 3.05) is 6.54 Å². The second-order valence-corrected chi connectivity index (χ2v) is 9.00. The van der Waals surface area contributed by atoms with Crippen LogP contribution in [0.2, 0.25) is 0 Å². The van der Waals surface area contributed by atoms with Gasteiger partial charge in [-0.2, -0.15) is 0 Å². The summed E-state index contributed by atoms with van der Waals surface area (Å²) in [5.41, 5.74) is 1.11. The van der Waals surface area contributed by atoms with Crippen LogP contribution in [0.15, 0.2) is 0 Å². The Kier molecular flexibility index (Phi) is 3.76. The molecule has 102 valence electrons. The zero-order valence-corrected chi connectivity index (χ0v) is 13.5. The molecular weight excluding hydrogens is 206 g/mol. The lowest BCUT2D eigenvalue weighted by Gasteiger charge is -2.43. The molecule has 1 aliphatic heterocycles. The lowest BCUT2D eigenvalue weighted by molar-refractivity contribution is 0.0561. The molecule has 0 N–H and O–H groups in total. The van der Waals surface area contributed by atoms with Crippen molar-refractivity contribution in [3.63, 3.8) is 0 Å². The number of nitrogens with zero attached hydrogens (tertiary/aromatic N) is 1. The summed E-state index contributed by atoms with van der Waals surface area (Å²) in [6.07, 6.45) is 1.35. The lowest BCUT2D eigenvalue weighted by Crippen LogP contribution is -2.49. The smallest absolute Gasteiger partial charge is 0.0152 e. The molecule has 0 aromatic rings. The number of hydrogen-bond acceptors (Lipinski definition) is 1. The van der Waals surface area contributed by atoms with Crippen LogP contribution in [0.4, 0.5) is 0 Å². The Morgan fingerprint density at radius 1 is 0.765 bits per heavy atom. The third kappa shape index (κ3) is 3.47. The molecule has 0 saturated carbocycles. The molecule has 0 aromatic heterocycles. The lowest BCUT2D eigenvalue weighted by atomic mass is 9.76. The topological polar surface area (TPSA) is 3.24 Å². The van der Waals surface area contributed by atoms with Gasteiger partial charge in [0.15, 0.2) is 0 Å². The number of rotatable bonds is 0. The normalized spacial score (nSPS) is 28.8. The van der Waals surface area contributed by atoms with Crippen molar-refractivity contribution < 1.29 is 0 Å². The molecule has 0 spiro atoms. The molecule has 2 atom stereocenters. The van der Waals surface area contributed by atoms with E-state index in [-0.39, 0.29) is 5.54 Å². The standard InChI is InChI=1S/C16H33N/c1-14(2,3)12-10-13(15(4,5)6)17(11-12)16(7,8)9/h12-13H,10-11H2,1-9H3. The highest BCUT2D eigenvalue weighted by atomic mass is 15.2. The highest BCUT2D eigenvalue weighted by Gasteiger charge is 2.46. The average molecular weight is 239 g/mol. The third-order valence-corrected chi connectivity index (χ3v) is 4.39. The fourth-order valence-electron chi connectivity index (χ4n) is 3.03. The van der Waals surface area contributed by atoms with E-state index in [1.807, 2.05) is 0 Å². The summed E-state index contributed by atoms with van der Waals surface area (Å²) < 4.78 is 0. The minimum Gasteiger partial charge on any atom is -0.295 e. The van der Waals surface area contributed by atoms with Crippen molar-refractivity contribution in [3.8, 4) is 0 Å². The van der Waals surface area contributed by atoms with Crippen LogP contribution in [0.5, 0.6) is 0 Å². The summed E-state index contributed by atoms with van der Waals surface area (Å²) in [6.45, 7) is 22.7. The van der Waals surface area contributed by atoms with Gasteiger partial charge in [0.2, 0.25) is 0 Å². The molecule has 1 nitrogen and oxygen atoms in total. The monoisotopic (exact) mass is 239 g/mol. The average Bonchev–Trinajstić information content (AvgIpc) is 2.42. The molecule has 0 radical (unpaired) electrons. The molecule has 0 aliphatic carbocycles. The van der Waals surface area contributed by atoms with Crippen LogP contribution < -0.4 is 0 Å². The molecule has 1 heterocycles. The summed E-state index contributed by atoms with van der Waals surface area (Å²) in [5.74, 6) is 0.825. The molecule has 1 fully saturated rings. The zero-order valence-electron chi connectivity index (χ0n) is 13.5. The summed E-state index contributed by atoms with van der Waals surface area (Å²) in [5, 5.41) is 0. The maximum absolute atomic E-state index is 2.74. The van der Waals surface area contributed by atoms with Gasteiger partial charge >= 0.3 is 0 Å². The van der Waals surface area contributed by atoms with Gasteiger partial charge in [0.1, 0.15) is 0 Å². The maximum Gasteiger partial charge on any atom is 0.0152 e. The molecule has 0 amide bonds. The molecule has 1 heteroatoms. The molecule has 1 aliphatic rings. The van der Waals surface area contributed by atoms with Crippen LogP contribution in [0.25, 0.3) is 0 Å². The first-order chi connectivity index (χ1) is 7.33. The van der Waals surface area contributed by atoms with E-state index >= 15 is 0 Å². The van der Waals surface area contributed by atoms with Crippen molar-refractivity contribution in [3.05, 3.63) is 0 Å². The predicted molar refractivity (Wildman–Crippen MR) is 77.3 cm³/mol. The SMILES string of the molecule is CC(C)(C)C1CC(C(C)(C)C)N(C(C)(C)C)C1. The van der Waals surface area contributed by atoms with Gasteiger partial charge in [-0.25, -0.2) is 0 Å². The largest absolute Gasteiger partial charge is 0.295 e. The summed E-state index contributed by atoms with van der Waals surface area (Å²) in [4.78, 5) is 2.74. The van der Waals surface area contributed by atoms with Gasteiger partial charge in [-0.05, 0) is 43.9 Å². The van der Waals surface area contributed by atoms with Crippen molar-refractivity contribution >= 4 is 0 Å².